The summed E-state index contributed by atoms with van der Waals surface area (Å²) in [5, 5.41) is 2.75. The summed E-state index contributed by atoms with van der Waals surface area (Å²) in [6, 6.07) is 14.2. The quantitative estimate of drug-likeness (QED) is 0.594. The number of anilines is 2. The average molecular weight is 428 g/mol. The number of aryl methyl sites for hydroxylation is 1. The van der Waals surface area contributed by atoms with Gasteiger partial charge in [-0.1, -0.05) is 18.2 Å². The van der Waals surface area contributed by atoms with Crippen LogP contribution in [0.2, 0.25) is 0 Å². The predicted octanol–water partition coefficient (Wildman–Crippen LogP) is 2.86. The number of hydrogen-bond donors (Lipinski definition) is 2. The second-order valence-corrected chi connectivity index (χ2v) is 7.86. The normalized spacial score (nSPS) is 10.9. The van der Waals surface area contributed by atoms with Gasteiger partial charge in [0.1, 0.15) is 0 Å². The Kier molecular flexibility index (Phi) is 6.17. The third-order valence-electron chi connectivity index (χ3n) is 4.12. The molecule has 1 aromatic heterocycles. The molecule has 2 N–H and O–H groups in total. The van der Waals surface area contributed by atoms with Crippen LogP contribution < -0.4 is 19.5 Å². The van der Waals surface area contributed by atoms with Crippen LogP contribution in [0.5, 0.6) is 11.9 Å². The molecular weight excluding hydrogens is 408 g/mol. The molecule has 156 valence electrons. The minimum absolute atomic E-state index is 0.00404. The van der Waals surface area contributed by atoms with E-state index in [1.54, 1.807) is 12.1 Å². The summed E-state index contributed by atoms with van der Waals surface area (Å²) in [6.45, 7) is 1.84. The number of sulfonamides is 1. The van der Waals surface area contributed by atoms with E-state index in [0.29, 0.717) is 11.3 Å². The topological polar surface area (TPSA) is 120 Å². The summed E-state index contributed by atoms with van der Waals surface area (Å²) in [4.78, 5) is 20.3. The smallest absolute Gasteiger partial charge is 0.321 e. The first-order valence-corrected chi connectivity index (χ1v) is 10.3. The Balaban J connectivity index is 1.77. The highest BCUT2D eigenvalue weighted by Gasteiger charge is 2.17. The lowest BCUT2D eigenvalue weighted by Gasteiger charge is -2.11. The molecule has 2 aromatic carbocycles. The van der Waals surface area contributed by atoms with Crippen molar-refractivity contribution >= 4 is 27.4 Å². The van der Waals surface area contributed by atoms with Crippen LogP contribution in [-0.4, -0.2) is 38.5 Å². The highest BCUT2D eigenvalue weighted by Crippen LogP contribution is 2.22. The molecular formula is C20H20N4O5S. The lowest BCUT2D eigenvalue weighted by molar-refractivity contribution is 0.102. The molecule has 0 fully saturated rings. The fourth-order valence-electron chi connectivity index (χ4n) is 2.59. The van der Waals surface area contributed by atoms with Crippen LogP contribution in [0.15, 0.2) is 59.5 Å². The Morgan fingerprint density at radius 2 is 1.67 bits per heavy atom. The van der Waals surface area contributed by atoms with E-state index >= 15 is 0 Å². The number of rotatable bonds is 7. The molecule has 10 heteroatoms. The maximum Gasteiger partial charge on any atom is 0.321 e. The molecule has 1 heterocycles. The number of nitrogens with one attached hydrogen (secondary N) is 2. The van der Waals surface area contributed by atoms with E-state index in [4.69, 9.17) is 9.47 Å². The van der Waals surface area contributed by atoms with E-state index in [9.17, 15) is 13.2 Å². The minimum Gasteiger partial charge on any atom is -0.481 e. The van der Waals surface area contributed by atoms with Crippen LogP contribution in [0.25, 0.3) is 0 Å². The van der Waals surface area contributed by atoms with Crippen molar-refractivity contribution in [3.8, 4) is 11.9 Å². The van der Waals surface area contributed by atoms with E-state index in [1.165, 1.54) is 44.6 Å². The van der Waals surface area contributed by atoms with E-state index in [0.717, 1.165) is 5.56 Å². The number of ether oxygens (including phenoxy) is 2. The maximum atomic E-state index is 12.7. The van der Waals surface area contributed by atoms with Crippen molar-refractivity contribution in [2.24, 2.45) is 0 Å². The van der Waals surface area contributed by atoms with E-state index in [2.05, 4.69) is 20.0 Å². The van der Waals surface area contributed by atoms with Gasteiger partial charge in [-0.15, -0.1) is 0 Å². The zero-order chi connectivity index (χ0) is 21.7. The molecule has 9 nitrogen and oxygen atoms in total. The molecule has 1 amide bonds. The van der Waals surface area contributed by atoms with Crippen molar-refractivity contribution in [2.45, 2.75) is 11.8 Å². The molecule has 0 aliphatic heterocycles. The number of benzene rings is 2. The first-order valence-electron chi connectivity index (χ1n) is 8.79. The summed E-state index contributed by atoms with van der Waals surface area (Å²) in [5.41, 5.74) is 1.85. The van der Waals surface area contributed by atoms with Crippen LogP contribution in [0.1, 0.15) is 15.9 Å². The number of amides is 1. The Labute approximate surface area is 174 Å². The van der Waals surface area contributed by atoms with Crippen molar-refractivity contribution in [1.29, 1.82) is 0 Å². The van der Waals surface area contributed by atoms with Crippen molar-refractivity contribution < 1.29 is 22.7 Å². The second-order valence-electron chi connectivity index (χ2n) is 6.18. The molecule has 0 aliphatic carbocycles. The van der Waals surface area contributed by atoms with Crippen molar-refractivity contribution in [3.05, 3.63) is 65.7 Å². The number of carbonyl (C=O) groups excluding carboxylic acids is 1. The lowest BCUT2D eigenvalue weighted by atomic mass is 10.1. The summed E-state index contributed by atoms with van der Waals surface area (Å²) in [7, 11) is -1.18. The van der Waals surface area contributed by atoms with Gasteiger partial charge in [-0.2, -0.15) is 9.97 Å². The molecule has 0 radical (unpaired) electrons. The third-order valence-corrected chi connectivity index (χ3v) is 5.50. The zero-order valence-electron chi connectivity index (χ0n) is 16.5. The largest absolute Gasteiger partial charge is 0.481 e. The fourth-order valence-corrected chi connectivity index (χ4v) is 3.58. The van der Waals surface area contributed by atoms with E-state index in [-0.39, 0.29) is 28.5 Å². The Hall–Kier alpha value is -3.66. The molecule has 0 spiro atoms. The van der Waals surface area contributed by atoms with Crippen LogP contribution in [0, 0.1) is 6.92 Å². The van der Waals surface area contributed by atoms with Crippen molar-refractivity contribution in [3.63, 3.8) is 0 Å². The Morgan fingerprint density at radius 1 is 0.967 bits per heavy atom. The van der Waals surface area contributed by atoms with Gasteiger partial charge in [0.05, 0.1) is 19.1 Å². The fraction of sp³-hybridized carbons (Fsp3) is 0.150. The monoisotopic (exact) mass is 428 g/mol. The third kappa shape index (κ3) is 4.84. The van der Waals surface area contributed by atoms with Gasteiger partial charge in [0.15, 0.2) is 5.82 Å². The first-order chi connectivity index (χ1) is 14.3. The van der Waals surface area contributed by atoms with Gasteiger partial charge < -0.3 is 14.8 Å². The van der Waals surface area contributed by atoms with E-state index < -0.39 is 10.0 Å². The summed E-state index contributed by atoms with van der Waals surface area (Å²) in [6.07, 6.45) is 0. The molecule has 0 saturated heterocycles. The van der Waals surface area contributed by atoms with Gasteiger partial charge in [0.2, 0.25) is 5.88 Å². The van der Waals surface area contributed by atoms with Crippen LogP contribution >= 0.6 is 0 Å². The Morgan fingerprint density at radius 3 is 2.30 bits per heavy atom. The highest BCUT2D eigenvalue weighted by atomic mass is 32.2. The minimum atomic E-state index is -3.93. The van der Waals surface area contributed by atoms with Crippen LogP contribution in [0.3, 0.4) is 0 Å². The summed E-state index contributed by atoms with van der Waals surface area (Å²) < 4.78 is 37.6. The second kappa shape index (κ2) is 8.78. The molecule has 3 aromatic rings. The molecule has 3 rings (SSSR count). The molecule has 30 heavy (non-hydrogen) atoms. The number of methoxy groups -OCH3 is 2. The maximum absolute atomic E-state index is 12.7. The zero-order valence-corrected chi connectivity index (χ0v) is 17.4. The van der Waals surface area contributed by atoms with Crippen molar-refractivity contribution in [1.82, 2.24) is 9.97 Å². The van der Waals surface area contributed by atoms with Gasteiger partial charge >= 0.3 is 6.01 Å². The molecule has 0 unspecified atom stereocenters. The van der Waals surface area contributed by atoms with Crippen LogP contribution in [0.4, 0.5) is 11.5 Å². The molecule has 0 aliphatic rings. The number of aromatic nitrogens is 2. The summed E-state index contributed by atoms with van der Waals surface area (Å²) >= 11 is 0. The van der Waals surface area contributed by atoms with Gasteiger partial charge in [-0.3, -0.25) is 9.52 Å². The van der Waals surface area contributed by atoms with Crippen LogP contribution in [-0.2, 0) is 10.0 Å². The number of carbonyl (C=O) groups is 1. The average Bonchev–Trinajstić information content (AvgIpc) is 2.73. The van der Waals surface area contributed by atoms with Gasteiger partial charge in [0, 0.05) is 17.3 Å². The SMILES string of the molecule is COc1cc(NS(=O)(=O)c2ccc(NC(=O)c3ccccc3C)cc2)nc(OC)n1. The van der Waals surface area contributed by atoms with Gasteiger partial charge in [-0.25, -0.2) is 8.42 Å². The summed E-state index contributed by atoms with van der Waals surface area (Å²) in [5.74, 6) is -0.133. The first kappa shape index (κ1) is 21.1. The standard InChI is InChI=1S/C20H20N4O5S/c1-13-6-4-5-7-16(13)19(25)21-14-8-10-15(11-9-14)30(26,27)24-17-12-18(28-2)23-20(22-17)29-3/h4-12H,1-3H3,(H,21,25)(H,22,23,24). The molecule has 0 saturated carbocycles. The van der Waals surface area contributed by atoms with Crippen molar-refractivity contribution in [2.75, 3.05) is 24.3 Å². The van der Waals surface area contributed by atoms with Gasteiger partial charge in [0.25, 0.3) is 15.9 Å². The Bertz CT molecular complexity index is 1140. The number of nitrogens with zero attached hydrogens (tertiary/aromatic N) is 2. The van der Waals surface area contributed by atoms with E-state index in [1.807, 2.05) is 19.1 Å². The lowest BCUT2D eigenvalue weighted by Crippen LogP contribution is -2.15. The van der Waals surface area contributed by atoms with Gasteiger partial charge in [-0.05, 0) is 42.8 Å². The molecule has 0 atom stereocenters. The molecule has 0 bridgehead atoms. The predicted molar refractivity (Wildman–Crippen MR) is 112 cm³/mol. The number of hydrogen-bond acceptors (Lipinski definition) is 7. The highest BCUT2D eigenvalue weighted by molar-refractivity contribution is 7.92.